The zero-order valence-electron chi connectivity index (χ0n) is 12.4. The van der Waals surface area contributed by atoms with Crippen LogP contribution in [0.1, 0.15) is 26.3 Å². The molecule has 0 saturated carbocycles. The standard InChI is InChI=1S/C16H24N2O/c1-12(2)16(19)17-8-9-18(14(4)11-17)15-7-5-6-13(3)10-15/h5-7,10,12,14H,8-9,11H2,1-4H3. The Balaban J connectivity index is 2.07. The molecule has 1 aliphatic rings. The van der Waals surface area contributed by atoms with Gasteiger partial charge in [0.25, 0.3) is 0 Å². The second-order valence-electron chi connectivity index (χ2n) is 5.82. The van der Waals surface area contributed by atoms with E-state index >= 15 is 0 Å². The SMILES string of the molecule is Cc1cccc(N2CCN(C(=O)C(C)C)CC2C)c1. The number of carbonyl (C=O) groups excluding carboxylic acids is 1. The number of amides is 1. The predicted molar refractivity (Wildman–Crippen MR) is 79.4 cm³/mol. The van der Waals surface area contributed by atoms with Crippen LogP contribution in [0.25, 0.3) is 0 Å². The molecule has 1 aliphatic heterocycles. The summed E-state index contributed by atoms with van der Waals surface area (Å²) in [4.78, 5) is 16.4. The fourth-order valence-corrected chi connectivity index (χ4v) is 2.71. The molecule has 1 atom stereocenters. The molecule has 0 aliphatic carbocycles. The van der Waals surface area contributed by atoms with Crippen LogP contribution >= 0.6 is 0 Å². The first kappa shape index (κ1) is 13.9. The van der Waals surface area contributed by atoms with Gasteiger partial charge < -0.3 is 9.80 Å². The third-order valence-electron chi connectivity index (χ3n) is 3.77. The summed E-state index contributed by atoms with van der Waals surface area (Å²) in [6, 6.07) is 8.97. The Morgan fingerprint density at radius 1 is 1.32 bits per heavy atom. The normalized spacial score (nSPS) is 19.9. The van der Waals surface area contributed by atoms with E-state index in [4.69, 9.17) is 0 Å². The Morgan fingerprint density at radius 3 is 2.63 bits per heavy atom. The number of anilines is 1. The summed E-state index contributed by atoms with van der Waals surface area (Å²) in [5, 5.41) is 0. The van der Waals surface area contributed by atoms with Crippen molar-refractivity contribution in [2.45, 2.75) is 33.7 Å². The molecule has 104 valence electrons. The molecule has 1 unspecified atom stereocenters. The lowest BCUT2D eigenvalue weighted by molar-refractivity contribution is -0.135. The predicted octanol–water partition coefficient (Wildman–Crippen LogP) is 2.69. The molecule has 0 bridgehead atoms. The molecule has 1 heterocycles. The molecule has 19 heavy (non-hydrogen) atoms. The van der Waals surface area contributed by atoms with Crippen LogP contribution < -0.4 is 4.90 Å². The first-order valence-corrected chi connectivity index (χ1v) is 7.11. The Hall–Kier alpha value is -1.51. The van der Waals surface area contributed by atoms with E-state index < -0.39 is 0 Å². The highest BCUT2D eigenvalue weighted by Crippen LogP contribution is 2.22. The molecule has 0 radical (unpaired) electrons. The monoisotopic (exact) mass is 260 g/mol. The fraction of sp³-hybridized carbons (Fsp3) is 0.562. The lowest BCUT2D eigenvalue weighted by atomic mass is 10.1. The molecule has 1 fully saturated rings. The van der Waals surface area contributed by atoms with Crippen molar-refractivity contribution in [2.24, 2.45) is 5.92 Å². The van der Waals surface area contributed by atoms with Crippen LogP contribution in [0.5, 0.6) is 0 Å². The second kappa shape index (κ2) is 5.64. The van der Waals surface area contributed by atoms with Gasteiger partial charge in [-0.15, -0.1) is 0 Å². The van der Waals surface area contributed by atoms with Gasteiger partial charge in [0.15, 0.2) is 0 Å². The summed E-state index contributed by atoms with van der Waals surface area (Å²) in [5.74, 6) is 0.369. The van der Waals surface area contributed by atoms with E-state index in [2.05, 4.69) is 43.0 Å². The highest BCUT2D eigenvalue weighted by molar-refractivity contribution is 5.78. The summed E-state index contributed by atoms with van der Waals surface area (Å²) in [5.41, 5.74) is 2.55. The lowest BCUT2D eigenvalue weighted by Gasteiger charge is -2.42. The summed E-state index contributed by atoms with van der Waals surface area (Å²) in [6.07, 6.45) is 0. The fourth-order valence-electron chi connectivity index (χ4n) is 2.71. The summed E-state index contributed by atoms with van der Waals surface area (Å²) < 4.78 is 0. The van der Waals surface area contributed by atoms with Crippen molar-refractivity contribution in [3.05, 3.63) is 29.8 Å². The molecule has 1 aromatic carbocycles. The number of aryl methyl sites for hydroxylation is 1. The van der Waals surface area contributed by atoms with Crippen molar-refractivity contribution in [3.8, 4) is 0 Å². The molecule has 0 N–H and O–H groups in total. The average Bonchev–Trinajstić information content (AvgIpc) is 2.37. The second-order valence-corrected chi connectivity index (χ2v) is 5.82. The van der Waals surface area contributed by atoms with Crippen molar-refractivity contribution in [2.75, 3.05) is 24.5 Å². The number of carbonyl (C=O) groups is 1. The number of rotatable bonds is 2. The Labute approximate surface area is 116 Å². The number of nitrogens with zero attached hydrogens (tertiary/aromatic N) is 2. The van der Waals surface area contributed by atoms with Crippen LogP contribution in [-0.2, 0) is 4.79 Å². The van der Waals surface area contributed by atoms with Gasteiger partial charge in [-0.3, -0.25) is 4.79 Å². The average molecular weight is 260 g/mol. The quantitative estimate of drug-likeness (QED) is 0.816. The summed E-state index contributed by atoms with van der Waals surface area (Å²) in [6.45, 7) is 10.8. The van der Waals surface area contributed by atoms with Gasteiger partial charge in [-0.2, -0.15) is 0 Å². The van der Waals surface area contributed by atoms with Crippen LogP contribution in [0, 0.1) is 12.8 Å². The molecule has 3 nitrogen and oxygen atoms in total. The third-order valence-corrected chi connectivity index (χ3v) is 3.77. The minimum atomic E-state index is 0.0951. The maximum absolute atomic E-state index is 12.0. The van der Waals surface area contributed by atoms with Crippen LogP contribution in [0.3, 0.4) is 0 Å². The molecule has 2 rings (SSSR count). The highest BCUT2D eigenvalue weighted by atomic mass is 16.2. The number of hydrogen-bond donors (Lipinski definition) is 0. The van der Waals surface area contributed by atoms with E-state index in [0.717, 1.165) is 19.6 Å². The Kier molecular flexibility index (Phi) is 4.13. The van der Waals surface area contributed by atoms with Crippen molar-refractivity contribution in [1.29, 1.82) is 0 Å². The molecular formula is C16H24N2O. The Bertz CT molecular complexity index is 456. The number of hydrogen-bond acceptors (Lipinski definition) is 2. The van der Waals surface area contributed by atoms with Crippen LogP contribution in [0.15, 0.2) is 24.3 Å². The van der Waals surface area contributed by atoms with Crippen molar-refractivity contribution < 1.29 is 4.79 Å². The maximum atomic E-state index is 12.0. The van der Waals surface area contributed by atoms with Gasteiger partial charge in [0, 0.05) is 37.3 Å². The van der Waals surface area contributed by atoms with E-state index in [1.54, 1.807) is 0 Å². The maximum Gasteiger partial charge on any atom is 0.225 e. The van der Waals surface area contributed by atoms with Crippen LogP contribution in [0.4, 0.5) is 5.69 Å². The van der Waals surface area contributed by atoms with Crippen LogP contribution in [0.2, 0.25) is 0 Å². The zero-order valence-corrected chi connectivity index (χ0v) is 12.4. The lowest BCUT2D eigenvalue weighted by Crippen LogP contribution is -2.54. The van der Waals surface area contributed by atoms with Gasteiger partial charge in [-0.1, -0.05) is 26.0 Å². The van der Waals surface area contributed by atoms with Gasteiger partial charge in [0.05, 0.1) is 0 Å². The molecule has 3 heteroatoms. The number of benzene rings is 1. The van der Waals surface area contributed by atoms with E-state index in [1.165, 1.54) is 11.3 Å². The van der Waals surface area contributed by atoms with E-state index in [1.807, 2.05) is 18.7 Å². The molecule has 1 aromatic rings. The summed E-state index contributed by atoms with van der Waals surface area (Å²) >= 11 is 0. The number of piperazine rings is 1. The molecule has 1 saturated heterocycles. The van der Waals surface area contributed by atoms with Crippen molar-refractivity contribution in [1.82, 2.24) is 4.90 Å². The molecule has 0 spiro atoms. The minimum absolute atomic E-state index is 0.0951. The minimum Gasteiger partial charge on any atom is -0.365 e. The molecule has 0 aromatic heterocycles. The van der Waals surface area contributed by atoms with E-state index in [-0.39, 0.29) is 11.8 Å². The topological polar surface area (TPSA) is 23.6 Å². The molecular weight excluding hydrogens is 236 g/mol. The van der Waals surface area contributed by atoms with Gasteiger partial charge >= 0.3 is 0 Å². The van der Waals surface area contributed by atoms with Crippen LogP contribution in [-0.4, -0.2) is 36.5 Å². The van der Waals surface area contributed by atoms with E-state index in [0.29, 0.717) is 6.04 Å². The van der Waals surface area contributed by atoms with Gasteiger partial charge in [0.1, 0.15) is 0 Å². The van der Waals surface area contributed by atoms with Gasteiger partial charge in [-0.05, 0) is 31.5 Å². The summed E-state index contributed by atoms with van der Waals surface area (Å²) in [7, 11) is 0. The first-order chi connectivity index (χ1) is 8.99. The van der Waals surface area contributed by atoms with Gasteiger partial charge in [-0.25, -0.2) is 0 Å². The molecule has 1 amide bonds. The van der Waals surface area contributed by atoms with Gasteiger partial charge in [0.2, 0.25) is 5.91 Å². The van der Waals surface area contributed by atoms with E-state index in [9.17, 15) is 4.79 Å². The first-order valence-electron chi connectivity index (χ1n) is 7.11. The zero-order chi connectivity index (χ0) is 14.0. The van der Waals surface area contributed by atoms with Crippen molar-refractivity contribution in [3.63, 3.8) is 0 Å². The van der Waals surface area contributed by atoms with Crippen molar-refractivity contribution >= 4 is 11.6 Å². The smallest absolute Gasteiger partial charge is 0.225 e. The Morgan fingerprint density at radius 2 is 2.05 bits per heavy atom. The largest absolute Gasteiger partial charge is 0.365 e. The third kappa shape index (κ3) is 3.09. The highest BCUT2D eigenvalue weighted by Gasteiger charge is 2.27.